The highest BCUT2D eigenvalue weighted by Crippen LogP contribution is 2.19. The van der Waals surface area contributed by atoms with Crippen LogP contribution in [0, 0.1) is 6.92 Å². The summed E-state index contributed by atoms with van der Waals surface area (Å²) in [4.78, 5) is 0. The highest BCUT2D eigenvalue weighted by molar-refractivity contribution is 7.85. The zero-order valence-corrected chi connectivity index (χ0v) is 10.9. The molecule has 1 aliphatic rings. The molecule has 4 heteroatoms. The number of nitrogens with one attached hydrogen (secondary N) is 1. The standard InChI is InChI=1S/C13H19NO2S/c1-10-2-3-13(15)11(8-10)9-14-12-4-6-17(16)7-5-12/h2-3,8,12,14-15H,4-7,9H2,1H3. The van der Waals surface area contributed by atoms with E-state index in [1.165, 1.54) is 0 Å². The summed E-state index contributed by atoms with van der Waals surface area (Å²) in [5, 5.41) is 13.1. The van der Waals surface area contributed by atoms with Gasteiger partial charge in [0.1, 0.15) is 5.75 Å². The third-order valence-corrected chi connectivity index (χ3v) is 4.59. The SMILES string of the molecule is Cc1ccc(O)c(CNC2CCS(=O)CC2)c1. The van der Waals surface area contributed by atoms with Crippen LogP contribution >= 0.6 is 0 Å². The average Bonchev–Trinajstić information content (AvgIpc) is 2.32. The van der Waals surface area contributed by atoms with E-state index >= 15 is 0 Å². The van der Waals surface area contributed by atoms with Crippen molar-refractivity contribution in [1.29, 1.82) is 0 Å². The van der Waals surface area contributed by atoms with Crippen molar-refractivity contribution in [1.82, 2.24) is 5.32 Å². The van der Waals surface area contributed by atoms with Gasteiger partial charge < -0.3 is 10.4 Å². The first-order valence-corrected chi connectivity index (χ1v) is 7.51. The van der Waals surface area contributed by atoms with Crippen LogP contribution in [-0.4, -0.2) is 26.9 Å². The lowest BCUT2D eigenvalue weighted by Gasteiger charge is -2.22. The fourth-order valence-corrected chi connectivity index (χ4v) is 3.41. The molecule has 0 aromatic heterocycles. The van der Waals surface area contributed by atoms with Crippen molar-refractivity contribution in [2.75, 3.05) is 11.5 Å². The number of phenols is 1. The fourth-order valence-electron chi connectivity index (χ4n) is 2.11. The molecule has 0 saturated carbocycles. The van der Waals surface area contributed by atoms with Crippen molar-refractivity contribution >= 4 is 10.8 Å². The summed E-state index contributed by atoms with van der Waals surface area (Å²) in [5.74, 6) is 1.96. The number of aryl methyl sites for hydroxylation is 1. The molecule has 0 aliphatic carbocycles. The van der Waals surface area contributed by atoms with Crippen LogP contribution < -0.4 is 5.32 Å². The Hall–Kier alpha value is -0.870. The molecule has 17 heavy (non-hydrogen) atoms. The molecule has 1 aliphatic heterocycles. The minimum atomic E-state index is -0.606. The maximum Gasteiger partial charge on any atom is 0.120 e. The summed E-state index contributed by atoms with van der Waals surface area (Å²) in [7, 11) is -0.606. The summed E-state index contributed by atoms with van der Waals surface area (Å²) in [6, 6.07) is 6.08. The van der Waals surface area contributed by atoms with Gasteiger partial charge in [-0.1, -0.05) is 17.7 Å². The first-order chi connectivity index (χ1) is 8.15. The molecule has 1 fully saturated rings. The minimum absolute atomic E-state index is 0.350. The largest absolute Gasteiger partial charge is 0.508 e. The first kappa shape index (κ1) is 12.6. The number of hydrogen-bond acceptors (Lipinski definition) is 3. The molecule has 1 aromatic rings. The smallest absolute Gasteiger partial charge is 0.120 e. The monoisotopic (exact) mass is 253 g/mol. The molecule has 0 unspecified atom stereocenters. The van der Waals surface area contributed by atoms with Crippen molar-refractivity contribution in [2.45, 2.75) is 32.4 Å². The van der Waals surface area contributed by atoms with Crippen LogP contribution in [-0.2, 0) is 17.3 Å². The molecule has 94 valence electrons. The van der Waals surface area contributed by atoms with Gasteiger partial charge in [-0.15, -0.1) is 0 Å². The molecule has 2 N–H and O–H groups in total. The van der Waals surface area contributed by atoms with E-state index in [0.29, 0.717) is 18.3 Å². The van der Waals surface area contributed by atoms with E-state index in [-0.39, 0.29) is 0 Å². The third kappa shape index (κ3) is 3.54. The Balaban J connectivity index is 1.89. The van der Waals surface area contributed by atoms with Gasteiger partial charge in [0.05, 0.1) is 0 Å². The van der Waals surface area contributed by atoms with E-state index in [4.69, 9.17) is 0 Å². The number of rotatable bonds is 3. The topological polar surface area (TPSA) is 49.3 Å². The summed E-state index contributed by atoms with van der Waals surface area (Å²) in [6.07, 6.45) is 1.94. The van der Waals surface area contributed by atoms with Crippen molar-refractivity contribution in [2.24, 2.45) is 0 Å². The van der Waals surface area contributed by atoms with Crippen molar-refractivity contribution in [3.63, 3.8) is 0 Å². The van der Waals surface area contributed by atoms with E-state index in [2.05, 4.69) is 5.32 Å². The second-order valence-corrected chi connectivity index (χ2v) is 6.33. The lowest BCUT2D eigenvalue weighted by atomic mass is 10.1. The summed E-state index contributed by atoms with van der Waals surface area (Å²) in [5.41, 5.74) is 2.10. The number of benzene rings is 1. The van der Waals surface area contributed by atoms with Gasteiger partial charge in [0, 0.05) is 40.5 Å². The van der Waals surface area contributed by atoms with Gasteiger partial charge in [0.15, 0.2) is 0 Å². The number of hydrogen-bond donors (Lipinski definition) is 2. The molecule has 2 rings (SSSR count). The molecule has 1 saturated heterocycles. The average molecular weight is 253 g/mol. The Morgan fingerprint density at radius 2 is 2.12 bits per heavy atom. The lowest BCUT2D eigenvalue weighted by Crippen LogP contribution is -2.35. The predicted molar refractivity (Wildman–Crippen MR) is 70.6 cm³/mol. The van der Waals surface area contributed by atoms with Crippen molar-refractivity contribution in [3.8, 4) is 5.75 Å². The van der Waals surface area contributed by atoms with E-state index in [1.807, 2.05) is 19.1 Å². The van der Waals surface area contributed by atoms with Crippen LogP contribution in [0.25, 0.3) is 0 Å². The van der Waals surface area contributed by atoms with Crippen LogP contribution in [0.1, 0.15) is 24.0 Å². The van der Waals surface area contributed by atoms with Gasteiger partial charge in [-0.2, -0.15) is 0 Å². The van der Waals surface area contributed by atoms with Crippen LogP contribution in [0.4, 0.5) is 0 Å². The van der Waals surface area contributed by atoms with E-state index in [1.54, 1.807) is 6.07 Å². The molecule has 1 aromatic carbocycles. The Kier molecular flexibility index (Phi) is 4.18. The highest BCUT2D eigenvalue weighted by atomic mass is 32.2. The second-order valence-electron chi connectivity index (χ2n) is 4.64. The van der Waals surface area contributed by atoms with E-state index in [9.17, 15) is 9.32 Å². The van der Waals surface area contributed by atoms with Gasteiger partial charge >= 0.3 is 0 Å². The van der Waals surface area contributed by atoms with Crippen LogP contribution in [0.3, 0.4) is 0 Å². The Morgan fingerprint density at radius 1 is 1.41 bits per heavy atom. The zero-order valence-electron chi connectivity index (χ0n) is 10.1. The third-order valence-electron chi connectivity index (χ3n) is 3.20. The van der Waals surface area contributed by atoms with Gasteiger partial charge in [-0.3, -0.25) is 4.21 Å². The van der Waals surface area contributed by atoms with Gasteiger partial charge in [-0.05, 0) is 25.8 Å². The minimum Gasteiger partial charge on any atom is -0.508 e. The van der Waals surface area contributed by atoms with Crippen molar-refractivity contribution in [3.05, 3.63) is 29.3 Å². The second kappa shape index (κ2) is 5.65. The number of phenolic OH excluding ortho intramolecular Hbond substituents is 1. The zero-order chi connectivity index (χ0) is 12.3. The quantitative estimate of drug-likeness (QED) is 0.862. The highest BCUT2D eigenvalue weighted by Gasteiger charge is 2.17. The summed E-state index contributed by atoms with van der Waals surface area (Å²) < 4.78 is 11.2. The van der Waals surface area contributed by atoms with Crippen molar-refractivity contribution < 1.29 is 9.32 Å². The summed E-state index contributed by atoms with van der Waals surface area (Å²) in [6.45, 7) is 2.71. The molecule has 3 nitrogen and oxygen atoms in total. The molecule has 1 heterocycles. The molecule has 0 bridgehead atoms. The van der Waals surface area contributed by atoms with Crippen LogP contribution in [0.5, 0.6) is 5.75 Å². The van der Waals surface area contributed by atoms with Gasteiger partial charge in [0.25, 0.3) is 0 Å². The van der Waals surface area contributed by atoms with E-state index < -0.39 is 10.8 Å². The molecule has 0 atom stereocenters. The normalized spacial score (nSPS) is 24.8. The van der Waals surface area contributed by atoms with Gasteiger partial charge in [0.2, 0.25) is 0 Å². The van der Waals surface area contributed by atoms with Crippen LogP contribution in [0.15, 0.2) is 18.2 Å². The first-order valence-electron chi connectivity index (χ1n) is 6.02. The lowest BCUT2D eigenvalue weighted by molar-refractivity contribution is 0.444. The fraction of sp³-hybridized carbons (Fsp3) is 0.538. The van der Waals surface area contributed by atoms with Crippen LogP contribution in [0.2, 0.25) is 0 Å². The number of aromatic hydroxyl groups is 1. The Labute approximate surface area is 105 Å². The molecular formula is C13H19NO2S. The molecular weight excluding hydrogens is 234 g/mol. The Morgan fingerprint density at radius 3 is 2.82 bits per heavy atom. The molecule has 0 spiro atoms. The van der Waals surface area contributed by atoms with Gasteiger partial charge in [-0.25, -0.2) is 0 Å². The van der Waals surface area contributed by atoms with E-state index in [0.717, 1.165) is 35.5 Å². The molecule has 0 radical (unpaired) electrons. The Bertz CT molecular complexity index is 410. The maximum atomic E-state index is 11.2. The molecule has 0 amide bonds. The maximum absolute atomic E-state index is 11.2. The predicted octanol–water partition coefficient (Wildman–Crippen LogP) is 1.70. The summed E-state index contributed by atoms with van der Waals surface area (Å²) >= 11 is 0.